The van der Waals surface area contributed by atoms with Gasteiger partial charge in [-0.2, -0.15) is 0 Å². The molecule has 0 aliphatic rings. The minimum absolute atomic E-state index is 0.278. The van der Waals surface area contributed by atoms with Crippen molar-refractivity contribution in [3.8, 4) is 0 Å². The molecule has 2 N–H and O–H groups in total. The van der Waals surface area contributed by atoms with Gasteiger partial charge in [-0.25, -0.2) is 0 Å². The number of benzene rings is 2. The summed E-state index contributed by atoms with van der Waals surface area (Å²) in [6.45, 7) is 0. The molecule has 0 aliphatic heterocycles. The Morgan fingerprint density at radius 3 is 2.38 bits per heavy atom. The van der Waals surface area contributed by atoms with Crippen molar-refractivity contribution in [1.29, 1.82) is 0 Å². The molecule has 0 atom stereocenters. The van der Waals surface area contributed by atoms with Crippen LogP contribution < -0.4 is 10.9 Å². The number of nitrogens with zero attached hydrogens (tertiary/aromatic N) is 1. The third kappa shape index (κ3) is 2.93. The quantitative estimate of drug-likeness (QED) is 0.567. The van der Waals surface area contributed by atoms with E-state index in [0.29, 0.717) is 5.56 Å². The Morgan fingerprint density at radius 2 is 1.62 bits per heavy atom. The number of amides is 2. The van der Waals surface area contributed by atoms with Crippen molar-refractivity contribution in [3.63, 3.8) is 0 Å². The van der Waals surface area contributed by atoms with Gasteiger partial charge in [-0.3, -0.25) is 30.6 Å². The zero-order valence-corrected chi connectivity index (χ0v) is 12.2. The van der Waals surface area contributed by atoms with Crippen molar-refractivity contribution >= 4 is 28.5 Å². The van der Waals surface area contributed by atoms with Crippen molar-refractivity contribution in [2.24, 2.45) is 0 Å². The predicted molar refractivity (Wildman–Crippen MR) is 84.2 cm³/mol. The van der Waals surface area contributed by atoms with Crippen molar-refractivity contribution in [2.45, 2.75) is 0 Å². The minimum atomic E-state index is -0.795. The van der Waals surface area contributed by atoms with Gasteiger partial charge in [0.2, 0.25) is 5.76 Å². The number of carbonyl (C=O) groups is 2. The van der Waals surface area contributed by atoms with Crippen LogP contribution in [0.1, 0.15) is 20.9 Å². The fourth-order valence-electron chi connectivity index (χ4n) is 2.21. The molecule has 2 aromatic carbocycles. The number of nitro groups is 1. The lowest BCUT2D eigenvalue weighted by Gasteiger charge is -2.08. The molecule has 24 heavy (non-hydrogen) atoms. The van der Waals surface area contributed by atoms with E-state index < -0.39 is 22.6 Å². The SMILES string of the molecule is O=C(NNC(=O)c1cccc2ccccc12)c1ccc([N+](=O)[O-])o1. The van der Waals surface area contributed by atoms with Crippen molar-refractivity contribution < 1.29 is 18.9 Å². The first-order valence-corrected chi connectivity index (χ1v) is 6.89. The molecule has 1 heterocycles. The highest BCUT2D eigenvalue weighted by atomic mass is 16.6. The number of hydrazine groups is 1. The van der Waals surface area contributed by atoms with Gasteiger partial charge in [-0.1, -0.05) is 36.4 Å². The van der Waals surface area contributed by atoms with E-state index in [1.54, 1.807) is 24.3 Å². The first-order valence-electron chi connectivity index (χ1n) is 6.89. The Labute approximate surface area is 135 Å². The fraction of sp³-hybridized carbons (Fsp3) is 0. The fourth-order valence-corrected chi connectivity index (χ4v) is 2.21. The molecule has 8 heteroatoms. The molecule has 3 aromatic rings. The molecule has 0 saturated carbocycles. The maximum atomic E-state index is 12.2. The maximum Gasteiger partial charge on any atom is 0.433 e. The van der Waals surface area contributed by atoms with Crippen LogP contribution in [0.3, 0.4) is 0 Å². The number of nitrogens with one attached hydrogen (secondary N) is 2. The lowest BCUT2D eigenvalue weighted by Crippen LogP contribution is -2.41. The van der Waals surface area contributed by atoms with Gasteiger partial charge in [0.1, 0.15) is 4.92 Å². The summed E-state index contributed by atoms with van der Waals surface area (Å²) in [7, 11) is 0. The van der Waals surface area contributed by atoms with E-state index in [4.69, 9.17) is 4.42 Å². The van der Waals surface area contributed by atoms with Gasteiger partial charge in [0, 0.05) is 5.56 Å². The highest BCUT2D eigenvalue weighted by Gasteiger charge is 2.18. The molecule has 0 aliphatic carbocycles. The van der Waals surface area contributed by atoms with E-state index in [-0.39, 0.29) is 5.76 Å². The summed E-state index contributed by atoms with van der Waals surface area (Å²) in [5.74, 6) is -2.14. The second-order valence-electron chi connectivity index (χ2n) is 4.83. The smallest absolute Gasteiger partial charge is 0.395 e. The molecule has 0 unspecified atom stereocenters. The first kappa shape index (κ1) is 15.2. The van der Waals surface area contributed by atoms with Gasteiger partial charge >= 0.3 is 11.8 Å². The normalized spacial score (nSPS) is 10.3. The average molecular weight is 325 g/mol. The highest BCUT2D eigenvalue weighted by molar-refractivity contribution is 6.07. The topological polar surface area (TPSA) is 114 Å². The largest absolute Gasteiger partial charge is 0.433 e. The molecule has 3 rings (SSSR count). The van der Waals surface area contributed by atoms with Crippen LogP contribution in [0.15, 0.2) is 59.0 Å². The Morgan fingerprint density at radius 1 is 0.917 bits per heavy atom. The molecular weight excluding hydrogens is 314 g/mol. The summed E-state index contributed by atoms with van der Waals surface area (Å²) in [5.41, 5.74) is 4.81. The van der Waals surface area contributed by atoms with E-state index >= 15 is 0 Å². The predicted octanol–water partition coefficient (Wildman–Crippen LogP) is 2.42. The van der Waals surface area contributed by atoms with E-state index in [1.807, 2.05) is 18.2 Å². The summed E-state index contributed by atoms with van der Waals surface area (Å²) < 4.78 is 4.75. The van der Waals surface area contributed by atoms with E-state index in [1.165, 1.54) is 0 Å². The van der Waals surface area contributed by atoms with Crippen molar-refractivity contribution in [1.82, 2.24) is 10.9 Å². The van der Waals surface area contributed by atoms with Crippen molar-refractivity contribution in [2.75, 3.05) is 0 Å². The molecule has 0 spiro atoms. The summed E-state index contributed by atoms with van der Waals surface area (Å²) in [5, 5.41) is 12.1. The number of carbonyl (C=O) groups excluding carboxylic acids is 2. The number of hydrogen-bond acceptors (Lipinski definition) is 5. The number of furan rings is 1. The molecule has 0 fully saturated rings. The van der Waals surface area contributed by atoms with Gasteiger partial charge in [0.25, 0.3) is 5.91 Å². The molecule has 0 bridgehead atoms. The Hall–Kier alpha value is -3.68. The van der Waals surface area contributed by atoms with Crippen LogP contribution in [0.5, 0.6) is 0 Å². The zero-order chi connectivity index (χ0) is 17.1. The van der Waals surface area contributed by atoms with Crippen LogP contribution in [0.4, 0.5) is 5.88 Å². The zero-order valence-electron chi connectivity index (χ0n) is 12.2. The summed E-state index contributed by atoms with van der Waals surface area (Å²) in [4.78, 5) is 33.8. The van der Waals surface area contributed by atoms with Gasteiger partial charge < -0.3 is 4.42 Å². The molecule has 8 nitrogen and oxygen atoms in total. The van der Waals surface area contributed by atoms with Crippen LogP contribution >= 0.6 is 0 Å². The number of rotatable bonds is 3. The van der Waals surface area contributed by atoms with E-state index in [9.17, 15) is 19.7 Å². The third-order valence-electron chi connectivity index (χ3n) is 3.32. The molecule has 1 aromatic heterocycles. The number of hydrogen-bond donors (Lipinski definition) is 2. The molecular formula is C16H11N3O5. The van der Waals surface area contributed by atoms with Crippen LogP contribution in [-0.4, -0.2) is 16.7 Å². The lowest BCUT2D eigenvalue weighted by atomic mass is 10.0. The maximum absolute atomic E-state index is 12.2. The summed E-state index contributed by atoms with van der Waals surface area (Å²) in [6.07, 6.45) is 0. The van der Waals surface area contributed by atoms with Crippen LogP contribution in [-0.2, 0) is 0 Å². The Bertz CT molecular complexity index is 942. The molecule has 0 radical (unpaired) electrons. The minimum Gasteiger partial charge on any atom is -0.395 e. The second-order valence-corrected chi connectivity index (χ2v) is 4.83. The summed E-state index contributed by atoms with van der Waals surface area (Å²) >= 11 is 0. The highest BCUT2D eigenvalue weighted by Crippen LogP contribution is 2.18. The summed E-state index contributed by atoms with van der Waals surface area (Å²) in [6, 6.07) is 14.8. The Kier molecular flexibility index (Phi) is 3.94. The number of fused-ring (bicyclic) bond motifs is 1. The average Bonchev–Trinajstić information content (AvgIpc) is 3.09. The van der Waals surface area contributed by atoms with Crippen LogP contribution in [0, 0.1) is 10.1 Å². The van der Waals surface area contributed by atoms with Gasteiger partial charge in [-0.05, 0) is 22.9 Å². The second kappa shape index (κ2) is 6.21. The van der Waals surface area contributed by atoms with Gasteiger partial charge in [-0.15, -0.1) is 0 Å². The lowest BCUT2D eigenvalue weighted by molar-refractivity contribution is -0.402. The van der Waals surface area contributed by atoms with Gasteiger partial charge in [0.05, 0.1) is 6.07 Å². The molecule has 2 amide bonds. The monoisotopic (exact) mass is 325 g/mol. The Balaban J connectivity index is 1.72. The van der Waals surface area contributed by atoms with E-state index in [2.05, 4.69) is 10.9 Å². The third-order valence-corrected chi connectivity index (χ3v) is 3.32. The molecule has 0 saturated heterocycles. The van der Waals surface area contributed by atoms with Crippen LogP contribution in [0.25, 0.3) is 10.8 Å². The first-order chi connectivity index (χ1) is 11.6. The molecule has 120 valence electrons. The van der Waals surface area contributed by atoms with Crippen LogP contribution in [0.2, 0.25) is 0 Å². The van der Waals surface area contributed by atoms with E-state index in [0.717, 1.165) is 22.9 Å². The van der Waals surface area contributed by atoms with Crippen molar-refractivity contribution in [3.05, 3.63) is 76.0 Å². The standard InChI is InChI=1S/C16H11N3O5/c20-15(12-7-3-5-10-4-1-2-6-11(10)12)17-18-16(21)13-8-9-14(24-13)19(22)23/h1-9H,(H,17,20)(H,18,21). The van der Waals surface area contributed by atoms with Gasteiger partial charge in [0.15, 0.2) is 0 Å².